The molecule has 0 aromatic carbocycles. The molecule has 0 fully saturated rings. The highest BCUT2D eigenvalue weighted by molar-refractivity contribution is 9.10. The van der Waals surface area contributed by atoms with Gasteiger partial charge in [0.2, 0.25) is 0 Å². The quantitative estimate of drug-likeness (QED) is 0.893. The van der Waals surface area contributed by atoms with Crippen LogP contribution < -0.4 is 5.32 Å². The van der Waals surface area contributed by atoms with Crippen LogP contribution in [0, 0.1) is 5.41 Å². The molecule has 0 aliphatic carbocycles. The molecule has 0 saturated heterocycles. The molecule has 1 aromatic rings. The summed E-state index contributed by atoms with van der Waals surface area (Å²) in [6.07, 6.45) is 3.01. The molecule has 4 heteroatoms. The van der Waals surface area contributed by atoms with Crippen LogP contribution in [0.25, 0.3) is 0 Å². The first kappa shape index (κ1) is 14.7. The Hall–Kier alpha value is -0.350. The van der Waals surface area contributed by atoms with Gasteiger partial charge in [-0.1, -0.05) is 20.8 Å². The average Bonchev–Trinajstić information content (AvgIpc) is 2.62. The zero-order chi connectivity index (χ0) is 13.2. The predicted octanol–water partition coefficient (Wildman–Crippen LogP) is 3.92. The van der Waals surface area contributed by atoms with E-state index in [1.807, 2.05) is 13.2 Å². The van der Waals surface area contributed by atoms with Crippen LogP contribution in [0.1, 0.15) is 58.8 Å². The van der Waals surface area contributed by atoms with Crippen LogP contribution in [0.15, 0.2) is 10.7 Å². The molecule has 1 N–H and O–H groups in total. The van der Waals surface area contributed by atoms with Gasteiger partial charge in [0.15, 0.2) is 0 Å². The second-order valence-electron chi connectivity index (χ2n) is 5.48. The molecule has 0 amide bonds. The van der Waals surface area contributed by atoms with Crippen LogP contribution in [0.3, 0.4) is 0 Å². The van der Waals surface area contributed by atoms with Gasteiger partial charge in [0.05, 0.1) is 22.4 Å². The van der Waals surface area contributed by atoms with Gasteiger partial charge in [-0.2, -0.15) is 5.10 Å². The smallest absolute Gasteiger partial charge is 0.0704 e. The molecule has 1 heterocycles. The van der Waals surface area contributed by atoms with Crippen LogP contribution in [-0.4, -0.2) is 16.8 Å². The first-order chi connectivity index (χ1) is 7.85. The molecule has 0 aliphatic rings. The lowest BCUT2D eigenvalue weighted by atomic mass is 9.80. The highest BCUT2D eigenvalue weighted by Gasteiger charge is 2.32. The molecule has 0 radical (unpaired) electrons. The Morgan fingerprint density at radius 3 is 2.47 bits per heavy atom. The Morgan fingerprint density at radius 1 is 1.47 bits per heavy atom. The Kier molecular flexibility index (Phi) is 4.78. The van der Waals surface area contributed by atoms with Crippen molar-refractivity contribution < 1.29 is 0 Å². The van der Waals surface area contributed by atoms with E-state index >= 15 is 0 Å². The summed E-state index contributed by atoms with van der Waals surface area (Å²) in [7, 11) is 2.02. The van der Waals surface area contributed by atoms with E-state index in [9.17, 15) is 0 Å². The highest BCUT2D eigenvalue weighted by Crippen LogP contribution is 2.39. The third-order valence-corrected chi connectivity index (χ3v) is 4.14. The van der Waals surface area contributed by atoms with Gasteiger partial charge >= 0.3 is 0 Å². The minimum atomic E-state index is 0.198. The zero-order valence-corrected chi connectivity index (χ0v) is 13.3. The van der Waals surface area contributed by atoms with E-state index in [0.717, 1.165) is 10.9 Å². The molecule has 0 spiro atoms. The Balaban J connectivity index is 3.25. The largest absolute Gasteiger partial charge is 0.311 e. The van der Waals surface area contributed by atoms with Crippen molar-refractivity contribution in [1.29, 1.82) is 0 Å². The number of hydrogen-bond acceptors (Lipinski definition) is 2. The molecule has 0 saturated carbocycles. The van der Waals surface area contributed by atoms with Crippen LogP contribution in [0.2, 0.25) is 0 Å². The van der Waals surface area contributed by atoms with Crippen molar-refractivity contribution in [3.8, 4) is 0 Å². The summed E-state index contributed by atoms with van der Waals surface area (Å²) in [4.78, 5) is 0. The lowest BCUT2D eigenvalue weighted by Crippen LogP contribution is -2.34. The van der Waals surface area contributed by atoms with Crippen LogP contribution >= 0.6 is 15.9 Å². The van der Waals surface area contributed by atoms with Gasteiger partial charge in [-0.3, -0.25) is 4.68 Å². The van der Waals surface area contributed by atoms with E-state index in [4.69, 9.17) is 0 Å². The van der Waals surface area contributed by atoms with Gasteiger partial charge in [-0.15, -0.1) is 0 Å². The maximum Gasteiger partial charge on any atom is 0.0704 e. The molecule has 17 heavy (non-hydrogen) atoms. The van der Waals surface area contributed by atoms with E-state index in [1.54, 1.807) is 0 Å². The fourth-order valence-electron chi connectivity index (χ4n) is 2.13. The average molecular weight is 302 g/mol. The van der Waals surface area contributed by atoms with Gasteiger partial charge < -0.3 is 5.32 Å². The molecular formula is C13H24BrN3. The molecule has 0 aliphatic heterocycles. The number of nitrogens with zero attached hydrogens (tertiary/aromatic N) is 2. The number of halogens is 1. The van der Waals surface area contributed by atoms with Gasteiger partial charge in [-0.25, -0.2) is 0 Å². The summed E-state index contributed by atoms with van der Waals surface area (Å²) >= 11 is 3.63. The molecule has 1 atom stereocenters. The lowest BCUT2D eigenvalue weighted by Gasteiger charge is -2.34. The summed E-state index contributed by atoms with van der Waals surface area (Å²) in [5.41, 5.74) is 1.44. The number of nitrogens with one attached hydrogen (secondary N) is 1. The standard InChI is InChI=1S/C13H24BrN3/c1-7-13(4,5)12(15-6)11-10(14)8-16-17(11)9(2)3/h8-9,12,15H,7H2,1-6H3. The minimum absolute atomic E-state index is 0.198. The predicted molar refractivity (Wildman–Crippen MR) is 76.2 cm³/mol. The highest BCUT2D eigenvalue weighted by atomic mass is 79.9. The summed E-state index contributed by atoms with van der Waals surface area (Å²) in [6.45, 7) is 11.1. The van der Waals surface area contributed by atoms with E-state index in [-0.39, 0.29) is 5.41 Å². The molecule has 0 bridgehead atoms. The first-order valence-corrected chi connectivity index (χ1v) is 7.04. The van der Waals surface area contributed by atoms with Crippen molar-refractivity contribution in [3.63, 3.8) is 0 Å². The van der Waals surface area contributed by atoms with Crippen molar-refractivity contribution in [3.05, 3.63) is 16.4 Å². The third kappa shape index (κ3) is 2.91. The molecule has 1 unspecified atom stereocenters. The molecule has 1 rings (SSSR count). The minimum Gasteiger partial charge on any atom is -0.311 e. The van der Waals surface area contributed by atoms with E-state index in [0.29, 0.717) is 12.1 Å². The van der Waals surface area contributed by atoms with Gasteiger partial charge in [0.1, 0.15) is 0 Å². The summed E-state index contributed by atoms with van der Waals surface area (Å²) in [6, 6.07) is 0.673. The fraction of sp³-hybridized carbons (Fsp3) is 0.769. The number of aromatic nitrogens is 2. The second-order valence-corrected chi connectivity index (χ2v) is 6.33. The summed E-state index contributed by atoms with van der Waals surface area (Å²) in [5, 5.41) is 7.90. The molecule has 1 aromatic heterocycles. The monoisotopic (exact) mass is 301 g/mol. The third-order valence-electron chi connectivity index (χ3n) is 3.53. The van der Waals surface area contributed by atoms with Gasteiger partial charge in [-0.05, 0) is 48.7 Å². The first-order valence-electron chi connectivity index (χ1n) is 6.25. The Morgan fingerprint density at radius 2 is 2.06 bits per heavy atom. The van der Waals surface area contributed by atoms with E-state index in [1.165, 1.54) is 5.69 Å². The van der Waals surface area contributed by atoms with Crippen molar-refractivity contribution in [1.82, 2.24) is 15.1 Å². The van der Waals surface area contributed by atoms with Crippen LogP contribution in [0.5, 0.6) is 0 Å². The lowest BCUT2D eigenvalue weighted by molar-refractivity contribution is 0.230. The fourth-order valence-corrected chi connectivity index (χ4v) is 2.64. The number of rotatable bonds is 5. The van der Waals surface area contributed by atoms with Crippen molar-refractivity contribution >= 4 is 15.9 Å². The van der Waals surface area contributed by atoms with E-state index < -0.39 is 0 Å². The maximum absolute atomic E-state index is 4.46. The Labute approximate surface area is 113 Å². The summed E-state index contributed by atoms with van der Waals surface area (Å²) in [5.74, 6) is 0. The van der Waals surface area contributed by atoms with E-state index in [2.05, 4.69) is 65.6 Å². The van der Waals surface area contributed by atoms with Crippen molar-refractivity contribution in [2.45, 2.75) is 53.1 Å². The maximum atomic E-state index is 4.46. The number of hydrogen-bond donors (Lipinski definition) is 1. The van der Waals surface area contributed by atoms with Gasteiger partial charge in [0, 0.05) is 6.04 Å². The van der Waals surface area contributed by atoms with Crippen LogP contribution in [0.4, 0.5) is 0 Å². The molecule has 98 valence electrons. The molecule has 3 nitrogen and oxygen atoms in total. The van der Waals surface area contributed by atoms with Crippen molar-refractivity contribution in [2.75, 3.05) is 7.05 Å². The topological polar surface area (TPSA) is 29.9 Å². The van der Waals surface area contributed by atoms with Gasteiger partial charge in [0.25, 0.3) is 0 Å². The van der Waals surface area contributed by atoms with Crippen molar-refractivity contribution in [2.24, 2.45) is 5.41 Å². The molecular weight excluding hydrogens is 278 g/mol. The SMILES string of the molecule is CCC(C)(C)C(NC)c1c(Br)cnn1C(C)C. The normalized spacial score (nSPS) is 14.4. The zero-order valence-electron chi connectivity index (χ0n) is 11.7. The summed E-state index contributed by atoms with van der Waals surface area (Å²) < 4.78 is 3.19. The second kappa shape index (κ2) is 5.53. The Bertz CT molecular complexity index is 369. The van der Waals surface area contributed by atoms with Crippen LogP contribution in [-0.2, 0) is 0 Å².